The molecule has 27 heavy (non-hydrogen) atoms. The Bertz CT molecular complexity index is 690. The first-order chi connectivity index (χ1) is 12.7. The first-order valence-corrected chi connectivity index (χ1v) is 10.00. The molecule has 0 bridgehead atoms. The fourth-order valence-corrected chi connectivity index (χ4v) is 4.05. The molecule has 0 saturated carbocycles. The fraction of sp³-hybridized carbons (Fsp3) is 0.619. The molecular weight excluding hydrogens is 340 g/mol. The van der Waals surface area contributed by atoms with Gasteiger partial charge in [0.2, 0.25) is 5.91 Å². The number of hydrogen-bond donors (Lipinski definition) is 2. The van der Waals surface area contributed by atoms with Gasteiger partial charge in [-0.3, -0.25) is 9.59 Å². The van der Waals surface area contributed by atoms with E-state index in [0.29, 0.717) is 19.1 Å². The zero-order valence-corrected chi connectivity index (χ0v) is 17.0. The summed E-state index contributed by atoms with van der Waals surface area (Å²) in [5.74, 6) is 0.275. The van der Waals surface area contributed by atoms with Gasteiger partial charge in [0.05, 0.1) is 32.7 Å². The molecule has 0 aliphatic carbocycles. The molecule has 2 aliphatic heterocycles. The number of benzene rings is 1. The topological polar surface area (TPSA) is 57.1 Å². The average molecular weight is 374 g/mol. The lowest BCUT2D eigenvalue weighted by molar-refractivity contribution is -0.896. The number of rotatable bonds is 4. The molecule has 0 unspecified atom stereocenters. The van der Waals surface area contributed by atoms with Crippen molar-refractivity contribution in [1.29, 1.82) is 0 Å². The molecule has 2 N–H and O–H groups in total. The summed E-state index contributed by atoms with van der Waals surface area (Å²) in [4.78, 5) is 30.4. The number of quaternary nitrogens is 1. The Balaban J connectivity index is 1.49. The van der Waals surface area contributed by atoms with Gasteiger partial charge >= 0.3 is 0 Å². The number of fused-ring (bicyclic) bond motifs is 1. The van der Waals surface area contributed by atoms with E-state index in [1.54, 1.807) is 0 Å². The highest BCUT2D eigenvalue weighted by Crippen LogP contribution is 2.31. The van der Waals surface area contributed by atoms with Crippen LogP contribution in [0.25, 0.3) is 0 Å². The van der Waals surface area contributed by atoms with Gasteiger partial charge in [0.25, 0.3) is 5.91 Å². The van der Waals surface area contributed by atoms with Gasteiger partial charge in [0.1, 0.15) is 0 Å². The van der Waals surface area contributed by atoms with Crippen LogP contribution in [0.15, 0.2) is 24.3 Å². The van der Waals surface area contributed by atoms with Gasteiger partial charge < -0.3 is 20.0 Å². The number of anilines is 1. The second-order valence-corrected chi connectivity index (χ2v) is 8.92. The average Bonchev–Trinajstić information content (AvgIpc) is 2.89. The Labute approximate surface area is 162 Å². The zero-order chi connectivity index (χ0) is 19.6. The Hall–Kier alpha value is -2.08. The van der Waals surface area contributed by atoms with Gasteiger partial charge in [-0.2, -0.15) is 0 Å². The van der Waals surface area contributed by atoms with Crippen LogP contribution in [0.5, 0.6) is 0 Å². The molecule has 6 heteroatoms. The van der Waals surface area contributed by atoms with E-state index in [4.69, 9.17) is 0 Å². The number of amides is 2. The molecule has 0 aromatic heterocycles. The summed E-state index contributed by atoms with van der Waals surface area (Å²) in [5.41, 5.74) is 2.33. The summed E-state index contributed by atoms with van der Waals surface area (Å²) >= 11 is 0. The molecule has 6 nitrogen and oxygen atoms in total. The monoisotopic (exact) mass is 373 g/mol. The molecule has 1 saturated heterocycles. The number of piperazine rings is 1. The summed E-state index contributed by atoms with van der Waals surface area (Å²) in [6.45, 7) is 12.2. The lowest BCUT2D eigenvalue weighted by atomic mass is 10.1. The van der Waals surface area contributed by atoms with Gasteiger partial charge in [0.15, 0.2) is 6.54 Å². The van der Waals surface area contributed by atoms with Gasteiger partial charge in [-0.25, -0.2) is 0 Å². The molecule has 1 aromatic rings. The number of nitrogens with one attached hydrogen (secondary N) is 2. The number of nitrogens with zero attached hydrogens (tertiary/aromatic N) is 2. The van der Waals surface area contributed by atoms with Crippen LogP contribution in [0.1, 0.15) is 33.3 Å². The molecule has 1 aromatic carbocycles. The van der Waals surface area contributed by atoms with Crippen LogP contribution < -0.4 is 15.1 Å². The van der Waals surface area contributed by atoms with Crippen molar-refractivity contribution in [1.82, 2.24) is 10.2 Å². The predicted octanol–water partition coefficient (Wildman–Crippen LogP) is 0.0794. The summed E-state index contributed by atoms with van der Waals surface area (Å²) in [7, 11) is 0. The van der Waals surface area contributed by atoms with E-state index in [1.165, 1.54) is 16.2 Å². The number of carbonyl (C=O) groups excluding carboxylic acids is 2. The van der Waals surface area contributed by atoms with E-state index >= 15 is 0 Å². The smallest absolute Gasteiger partial charge is 0.275 e. The fourth-order valence-electron chi connectivity index (χ4n) is 4.05. The second kappa shape index (κ2) is 7.89. The second-order valence-electron chi connectivity index (χ2n) is 8.92. The van der Waals surface area contributed by atoms with Crippen molar-refractivity contribution in [2.24, 2.45) is 0 Å². The van der Waals surface area contributed by atoms with E-state index in [-0.39, 0.29) is 17.4 Å². The predicted molar refractivity (Wildman–Crippen MR) is 107 cm³/mol. The molecule has 1 atom stereocenters. The van der Waals surface area contributed by atoms with Crippen molar-refractivity contribution in [3.05, 3.63) is 29.8 Å². The van der Waals surface area contributed by atoms with Crippen LogP contribution in [-0.4, -0.2) is 67.6 Å². The Morgan fingerprint density at radius 1 is 1.19 bits per heavy atom. The largest absolute Gasteiger partial charge is 0.359 e. The van der Waals surface area contributed by atoms with Crippen molar-refractivity contribution in [2.45, 2.75) is 45.7 Å². The normalized spacial score (nSPS) is 20.5. The van der Waals surface area contributed by atoms with Gasteiger partial charge in [0, 0.05) is 17.3 Å². The SMILES string of the molecule is C[C@H]1Cc2ccccc2N1CC(=O)N1CC[NH+](CC(=O)NC(C)(C)C)CC1. The summed E-state index contributed by atoms with van der Waals surface area (Å²) in [5, 5.41) is 3.02. The van der Waals surface area contributed by atoms with Gasteiger partial charge in [-0.15, -0.1) is 0 Å². The molecule has 1 fully saturated rings. The molecule has 2 heterocycles. The number of hydrogen-bond acceptors (Lipinski definition) is 3. The van der Waals surface area contributed by atoms with Crippen LogP contribution in [0.4, 0.5) is 5.69 Å². The molecule has 0 spiro atoms. The molecule has 148 valence electrons. The highest BCUT2D eigenvalue weighted by molar-refractivity contribution is 5.83. The van der Waals surface area contributed by atoms with Crippen molar-refractivity contribution >= 4 is 17.5 Å². The van der Waals surface area contributed by atoms with E-state index in [0.717, 1.165) is 32.6 Å². The maximum atomic E-state index is 12.8. The van der Waals surface area contributed by atoms with Crippen LogP contribution in [0.2, 0.25) is 0 Å². The number of para-hydroxylation sites is 1. The lowest BCUT2D eigenvalue weighted by Gasteiger charge is -2.34. The van der Waals surface area contributed by atoms with Crippen LogP contribution in [-0.2, 0) is 16.0 Å². The third kappa shape index (κ3) is 5.01. The zero-order valence-electron chi connectivity index (χ0n) is 17.0. The van der Waals surface area contributed by atoms with Crippen molar-refractivity contribution in [3.63, 3.8) is 0 Å². The quantitative estimate of drug-likeness (QED) is 0.786. The minimum atomic E-state index is -0.197. The molecule has 2 amide bonds. The van der Waals surface area contributed by atoms with E-state index < -0.39 is 0 Å². The van der Waals surface area contributed by atoms with Crippen molar-refractivity contribution < 1.29 is 14.5 Å². The Morgan fingerprint density at radius 2 is 1.85 bits per heavy atom. The van der Waals surface area contributed by atoms with Crippen LogP contribution >= 0.6 is 0 Å². The van der Waals surface area contributed by atoms with E-state index in [2.05, 4.69) is 35.3 Å². The molecule has 0 radical (unpaired) electrons. The van der Waals surface area contributed by atoms with Crippen molar-refractivity contribution in [3.8, 4) is 0 Å². The highest BCUT2D eigenvalue weighted by atomic mass is 16.2. The van der Waals surface area contributed by atoms with Crippen molar-refractivity contribution in [2.75, 3.05) is 44.2 Å². The third-order valence-electron chi connectivity index (χ3n) is 5.40. The Morgan fingerprint density at radius 3 is 2.52 bits per heavy atom. The number of carbonyl (C=O) groups is 2. The van der Waals surface area contributed by atoms with Crippen LogP contribution in [0.3, 0.4) is 0 Å². The molecule has 3 rings (SSSR count). The Kier molecular flexibility index (Phi) is 5.75. The summed E-state index contributed by atoms with van der Waals surface area (Å²) in [6, 6.07) is 8.73. The summed E-state index contributed by atoms with van der Waals surface area (Å²) in [6.07, 6.45) is 1.00. The minimum absolute atomic E-state index is 0.0831. The molecule has 2 aliphatic rings. The standard InChI is InChI=1S/C21H32N4O2/c1-16-13-17-7-5-6-8-18(17)25(16)15-20(27)24-11-9-23(10-12-24)14-19(26)22-21(2,3)4/h5-8,16H,9-15H2,1-4H3,(H,22,26)/p+1/t16-/m0/s1. The van der Waals surface area contributed by atoms with Gasteiger partial charge in [-0.05, 0) is 45.7 Å². The third-order valence-corrected chi connectivity index (χ3v) is 5.40. The maximum Gasteiger partial charge on any atom is 0.275 e. The first kappa shape index (κ1) is 19.7. The first-order valence-electron chi connectivity index (χ1n) is 10.00. The highest BCUT2D eigenvalue weighted by Gasteiger charge is 2.31. The van der Waals surface area contributed by atoms with E-state index in [9.17, 15) is 9.59 Å². The van der Waals surface area contributed by atoms with E-state index in [1.807, 2.05) is 31.7 Å². The van der Waals surface area contributed by atoms with Crippen LogP contribution in [0, 0.1) is 0 Å². The maximum absolute atomic E-state index is 12.8. The summed E-state index contributed by atoms with van der Waals surface area (Å²) < 4.78 is 0. The lowest BCUT2D eigenvalue weighted by Crippen LogP contribution is -3.16. The minimum Gasteiger partial charge on any atom is -0.359 e. The molecular formula is C21H33N4O2+. The van der Waals surface area contributed by atoms with Gasteiger partial charge in [-0.1, -0.05) is 18.2 Å².